The average Bonchev–Trinajstić information content (AvgIpc) is 2.28. The van der Waals surface area contributed by atoms with Crippen LogP contribution < -0.4 is 5.32 Å². The quantitative estimate of drug-likeness (QED) is 0.455. The van der Waals surface area contributed by atoms with Gasteiger partial charge in [0.2, 0.25) is 0 Å². The van der Waals surface area contributed by atoms with Crippen molar-refractivity contribution in [2.45, 2.75) is 33.2 Å². The number of hydrogen-bond donors (Lipinski definition) is 2. The lowest BCUT2D eigenvalue weighted by molar-refractivity contribution is -0.384. The number of nitrogens with one attached hydrogen (secondary N) is 1. The van der Waals surface area contributed by atoms with Crippen molar-refractivity contribution in [1.29, 1.82) is 0 Å². The lowest BCUT2D eigenvalue weighted by Crippen LogP contribution is -2.36. The highest BCUT2D eigenvalue weighted by molar-refractivity contribution is 14.1. The van der Waals surface area contributed by atoms with Crippen LogP contribution >= 0.6 is 22.6 Å². The molecule has 1 atom stereocenters. The first-order valence-electron chi connectivity index (χ1n) is 6.03. The molecule has 0 aromatic heterocycles. The van der Waals surface area contributed by atoms with Crippen LogP contribution in [-0.2, 0) is 4.79 Å². The molecule has 6 nitrogen and oxygen atoms in total. The van der Waals surface area contributed by atoms with E-state index in [9.17, 15) is 14.9 Å². The van der Waals surface area contributed by atoms with Crippen LogP contribution in [0, 0.1) is 19.1 Å². The number of nitrogens with zero attached hydrogens (tertiary/aromatic N) is 1. The Balaban J connectivity index is 3.11. The molecule has 0 bridgehead atoms. The Morgan fingerprint density at radius 3 is 2.55 bits per heavy atom. The van der Waals surface area contributed by atoms with Crippen LogP contribution in [0.3, 0.4) is 0 Å². The number of rotatable bonds is 5. The molecule has 0 aliphatic heterocycles. The minimum atomic E-state index is -0.939. The summed E-state index contributed by atoms with van der Waals surface area (Å²) in [5.41, 5.74) is -0.0388. The van der Waals surface area contributed by atoms with Gasteiger partial charge in [-0.2, -0.15) is 0 Å². The zero-order chi connectivity index (χ0) is 15.5. The largest absolute Gasteiger partial charge is 0.481 e. The average molecular weight is 392 g/mol. The number of hydrogen-bond acceptors (Lipinski definition) is 4. The molecule has 0 amide bonds. The molecule has 1 aromatic rings. The summed E-state index contributed by atoms with van der Waals surface area (Å²) in [6.07, 6.45) is -0.105. The molecule has 0 aliphatic rings. The van der Waals surface area contributed by atoms with Crippen LogP contribution in [0.2, 0.25) is 0 Å². The molecule has 0 heterocycles. The SMILES string of the molecule is CC(C)(C)C(CC(=O)O)Nc1ccc(I)cc1[N+](=O)[O-]. The number of carbonyl (C=O) groups is 1. The Kier molecular flexibility index (Phi) is 5.32. The lowest BCUT2D eigenvalue weighted by Gasteiger charge is -2.31. The lowest BCUT2D eigenvalue weighted by atomic mass is 9.84. The monoisotopic (exact) mass is 392 g/mol. The topological polar surface area (TPSA) is 92.5 Å². The number of carboxylic acid groups (broad SMARTS) is 1. The van der Waals surface area contributed by atoms with Crippen molar-refractivity contribution in [2.24, 2.45) is 5.41 Å². The van der Waals surface area contributed by atoms with Crippen molar-refractivity contribution in [1.82, 2.24) is 0 Å². The smallest absolute Gasteiger partial charge is 0.305 e. The molecule has 0 fully saturated rings. The van der Waals surface area contributed by atoms with Crippen molar-refractivity contribution in [2.75, 3.05) is 5.32 Å². The molecule has 1 unspecified atom stereocenters. The first-order chi connectivity index (χ1) is 9.11. The summed E-state index contributed by atoms with van der Waals surface area (Å²) >= 11 is 2.00. The fourth-order valence-corrected chi connectivity index (χ4v) is 2.19. The number of halogens is 1. The van der Waals surface area contributed by atoms with Crippen LogP contribution in [0.15, 0.2) is 18.2 Å². The molecule has 2 N–H and O–H groups in total. The second kappa shape index (κ2) is 6.38. The van der Waals surface area contributed by atoms with Gasteiger partial charge in [-0.15, -0.1) is 0 Å². The maximum absolute atomic E-state index is 11.1. The summed E-state index contributed by atoms with van der Waals surface area (Å²) in [6, 6.07) is 4.42. The molecular weight excluding hydrogens is 375 g/mol. The van der Waals surface area contributed by atoms with Crippen molar-refractivity contribution >= 4 is 39.9 Å². The maximum atomic E-state index is 11.1. The molecule has 7 heteroatoms. The minimum Gasteiger partial charge on any atom is -0.481 e. The zero-order valence-corrected chi connectivity index (χ0v) is 13.7. The normalized spacial score (nSPS) is 12.8. The summed E-state index contributed by atoms with van der Waals surface area (Å²) in [6.45, 7) is 5.68. The number of carboxylic acids is 1. The summed E-state index contributed by atoms with van der Waals surface area (Å²) in [5, 5.41) is 23.0. The van der Waals surface area contributed by atoms with E-state index in [4.69, 9.17) is 5.11 Å². The molecule has 0 spiro atoms. The van der Waals surface area contributed by atoms with Gasteiger partial charge in [-0.05, 0) is 40.1 Å². The molecule has 1 aromatic carbocycles. The maximum Gasteiger partial charge on any atom is 0.305 e. The van der Waals surface area contributed by atoms with Gasteiger partial charge in [0.15, 0.2) is 0 Å². The molecule has 0 saturated heterocycles. The van der Waals surface area contributed by atoms with Crippen LogP contribution in [0.1, 0.15) is 27.2 Å². The molecule has 1 rings (SSSR count). The first kappa shape index (κ1) is 16.7. The van der Waals surface area contributed by atoms with E-state index in [0.717, 1.165) is 3.57 Å². The van der Waals surface area contributed by atoms with E-state index in [-0.39, 0.29) is 17.5 Å². The van der Waals surface area contributed by atoms with E-state index in [2.05, 4.69) is 5.32 Å². The third-order valence-corrected chi connectivity index (χ3v) is 3.58. The standard InChI is InChI=1S/C13H17IN2O4/c1-13(2,3)11(7-12(17)18)15-9-5-4-8(14)6-10(9)16(19)20/h4-6,11,15H,7H2,1-3H3,(H,17,18). The Bertz CT molecular complexity index is 526. The number of nitro benzene ring substituents is 1. The number of benzene rings is 1. The van der Waals surface area contributed by atoms with Crippen molar-refractivity contribution in [3.63, 3.8) is 0 Å². The Hall–Kier alpha value is -1.38. The summed E-state index contributed by atoms with van der Waals surface area (Å²) in [7, 11) is 0. The van der Waals surface area contributed by atoms with Gasteiger partial charge in [-0.3, -0.25) is 14.9 Å². The van der Waals surface area contributed by atoms with Gasteiger partial charge >= 0.3 is 5.97 Å². The zero-order valence-electron chi connectivity index (χ0n) is 11.5. The number of aliphatic carboxylic acids is 1. The Labute approximate surface area is 130 Å². The first-order valence-corrected chi connectivity index (χ1v) is 7.11. The van der Waals surface area contributed by atoms with Crippen molar-refractivity contribution in [3.8, 4) is 0 Å². The van der Waals surface area contributed by atoms with E-state index in [1.165, 1.54) is 6.07 Å². The molecular formula is C13H17IN2O4. The highest BCUT2D eigenvalue weighted by atomic mass is 127. The summed E-state index contributed by atoms with van der Waals surface area (Å²) in [5.74, 6) is -0.939. The summed E-state index contributed by atoms with van der Waals surface area (Å²) < 4.78 is 0.755. The van der Waals surface area contributed by atoms with Gasteiger partial charge < -0.3 is 10.4 Å². The van der Waals surface area contributed by atoms with Gasteiger partial charge in [-0.1, -0.05) is 20.8 Å². The van der Waals surface area contributed by atoms with E-state index in [1.807, 2.05) is 43.4 Å². The van der Waals surface area contributed by atoms with Gasteiger partial charge in [-0.25, -0.2) is 0 Å². The fourth-order valence-electron chi connectivity index (χ4n) is 1.71. The fraction of sp³-hybridized carbons (Fsp3) is 0.462. The highest BCUT2D eigenvalue weighted by Crippen LogP contribution is 2.31. The molecule has 20 heavy (non-hydrogen) atoms. The molecule has 0 radical (unpaired) electrons. The number of anilines is 1. The molecule has 0 saturated carbocycles. The Morgan fingerprint density at radius 1 is 1.50 bits per heavy atom. The van der Waals surface area contributed by atoms with Gasteiger partial charge in [0.1, 0.15) is 5.69 Å². The Morgan fingerprint density at radius 2 is 2.10 bits per heavy atom. The van der Waals surface area contributed by atoms with Crippen molar-refractivity contribution in [3.05, 3.63) is 31.9 Å². The summed E-state index contributed by atoms with van der Waals surface area (Å²) in [4.78, 5) is 21.6. The van der Waals surface area contributed by atoms with Crippen LogP contribution in [0.25, 0.3) is 0 Å². The van der Waals surface area contributed by atoms with Crippen LogP contribution in [0.4, 0.5) is 11.4 Å². The predicted molar refractivity (Wildman–Crippen MR) is 84.9 cm³/mol. The molecule has 110 valence electrons. The second-order valence-electron chi connectivity index (χ2n) is 5.58. The van der Waals surface area contributed by atoms with Crippen molar-refractivity contribution < 1.29 is 14.8 Å². The van der Waals surface area contributed by atoms with Crippen LogP contribution in [0.5, 0.6) is 0 Å². The third-order valence-electron chi connectivity index (χ3n) is 2.91. The van der Waals surface area contributed by atoms with E-state index >= 15 is 0 Å². The predicted octanol–water partition coefficient (Wildman–Crippen LogP) is 3.50. The second-order valence-corrected chi connectivity index (χ2v) is 6.83. The number of nitro groups is 1. The van der Waals surface area contributed by atoms with Gasteiger partial charge in [0.05, 0.1) is 11.3 Å². The van der Waals surface area contributed by atoms with Gasteiger partial charge in [0.25, 0.3) is 5.69 Å². The van der Waals surface area contributed by atoms with E-state index in [0.29, 0.717) is 5.69 Å². The minimum absolute atomic E-state index is 0.0449. The third kappa shape index (κ3) is 4.62. The molecule has 0 aliphatic carbocycles. The van der Waals surface area contributed by atoms with E-state index < -0.39 is 16.9 Å². The van der Waals surface area contributed by atoms with E-state index in [1.54, 1.807) is 12.1 Å². The van der Waals surface area contributed by atoms with Gasteiger partial charge in [0, 0.05) is 15.7 Å². The van der Waals surface area contributed by atoms with Crippen LogP contribution in [-0.4, -0.2) is 22.0 Å². The highest BCUT2D eigenvalue weighted by Gasteiger charge is 2.29.